The summed E-state index contributed by atoms with van der Waals surface area (Å²) in [6, 6.07) is 9.61. The van der Waals surface area contributed by atoms with Gasteiger partial charge in [-0.2, -0.15) is 0 Å². The SMILES string of the molecule is Cc1ccc(C)n1-c1cc(Cl)ccc1Cl. The second-order valence-corrected chi connectivity index (χ2v) is 4.39. The van der Waals surface area contributed by atoms with Gasteiger partial charge in [0, 0.05) is 16.4 Å². The molecule has 0 amide bonds. The number of aromatic nitrogens is 1. The summed E-state index contributed by atoms with van der Waals surface area (Å²) < 4.78 is 2.09. The molecule has 1 nitrogen and oxygen atoms in total. The van der Waals surface area contributed by atoms with Crippen molar-refractivity contribution >= 4 is 23.2 Å². The number of nitrogens with zero attached hydrogens (tertiary/aromatic N) is 1. The van der Waals surface area contributed by atoms with Crippen molar-refractivity contribution in [3.05, 3.63) is 51.8 Å². The lowest BCUT2D eigenvalue weighted by Crippen LogP contribution is -1.99. The number of benzene rings is 1. The van der Waals surface area contributed by atoms with E-state index in [1.807, 2.05) is 26.0 Å². The minimum absolute atomic E-state index is 0.696. The van der Waals surface area contributed by atoms with E-state index in [2.05, 4.69) is 16.7 Å². The van der Waals surface area contributed by atoms with Crippen LogP contribution in [0.15, 0.2) is 30.3 Å². The molecule has 1 aromatic heterocycles. The fourth-order valence-corrected chi connectivity index (χ4v) is 2.07. The molecule has 0 fully saturated rings. The second kappa shape index (κ2) is 3.92. The summed E-state index contributed by atoms with van der Waals surface area (Å²) in [6.07, 6.45) is 0. The zero-order valence-electron chi connectivity index (χ0n) is 8.59. The van der Waals surface area contributed by atoms with Crippen molar-refractivity contribution in [2.45, 2.75) is 13.8 Å². The van der Waals surface area contributed by atoms with Crippen molar-refractivity contribution in [2.75, 3.05) is 0 Å². The topological polar surface area (TPSA) is 4.93 Å². The number of aryl methyl sites for hydroxylation is 2. The molecule has 0 saturated heterocycles. The Morgan fingerprint density at radius 1 is 0.933 bits per heavy atom. The van der Waals surface area contributed by atoms with Gasteiger partial charge in [-0.3, -0.25) is 0 Å². The molecule has 0 atom stereocenters. The van der Waals surface area contributed by atoms with E-state index in [4.69, 9.17) is 23.2 Å². The molecule has 0 radical (unpaired) electrons. The minimum atomic E-state index is 0.696. The van der Waals surface area contributed by atoms with Crippen molar-refractivity contribution in [1.82, 2.24) is 4.57 Å². The fraction of sp³-hybridized carbons (Fsp3) is 0.167. The van der Waals surface area contributed by atoms with Gasteiger partial charge in [-0.05, 0) is 44.2 Å². The third-order valence-electron chi connectivity index (χ3n) is 2.42. The quantitative estimate of drug-likeness (QED) is 0.696. The van der Waals surface area contributed by atoms with Gasteiger partial charge in [0.1, 0.15) is 0 Å². The van der Waals surface area contributed by atoms with E-state index in [0.717, 1.165) is 17.1 Å². The lowest BCUT2D eigenvalue weighted by molar-refractivity contribution is 0.966. The highest BCUT2D eigenvalue weighted by Gasteiger charge is 2.08. The van der Waals surface area contributed by atoms with Gasteiger partial charge in [0.05, 0.1) is 10.7 Å². The molecular formula is C12H11Cl2N. The van der Waals surface area contributed by atoms with Gasteiger partial charge in [-0.1, -0.05) is 23.2 Å². The normalized spacial score (nSPS) is 10.7. The van der Waals surface area contributed by atoms with Gasteiger partial charge >= 0.3 is 0 Å². The number of hydrogen-bond donors (Lipinski definition) is 0. The largest absolute Gasteiger partial charge is 0.317 e. The third-order valence-corrected chi connectivity index (χ3v) is 2.97. The molecule has 0 saturated carbocycles. The van der Waals surface area contributed by atoms with E-state index in [1.165, 1.54) is 0 Å². The summed E-state index contributed by atoms with van der Waals surface area (Å²) >= 11 is 12.1. The minimum Gasteiger partial charge on any atom is -0.317 e. The van der Waals surface area contributed by atoms with Crippen LogP contribution in [0.2, 0.25) is 10.0 Å². The van der Waals surface area contributed by atoms with Gasteiger partial charge in [-0.15, -0.1) is 0 Å². The average molecular weight is 240 g/mol. The molecule has 3 heteroatoms. The molecule has 0 aliphatic rings. The van der Waals surface area contributed by atoms with Crippen molar-refractivity contribution in [2.24, 2.45) is 0 Å². The van der Waals surface area contributed by atoms with Crippen molar-refractivity contribution in [3.8, 4) is 5.69 Å². The first-order chi connectivity index (χ1) is 7.09. The summed E-state index contributed by atoms with van der Waals surface area (Å²) in [5, 5.41) is 1.41. The van der Waals surface area contributed by atoms with E-state index in [-0.39, 0.29) is 0 Å². The Morgan fingerprint density at radius 2 is 1.53 bits per heavy atom. The lowest BCUT2D eigenvalue weighted by Gasteiger charge is -2.11. The summed E-state index contributed by atoms with van der Waals surface area (Å²) in [5.41, 5.74) is 3.23. The smallest absolute Gasteiger partial charge is 0.0656 e. The molecule has 2 aromatic rings. The molecule has 0 spiro atoms. The first-order valence-electron chi connectivity index (χ1n) is 4.70. The Labute approximate surface area is 99.2 Å². The highest BCUT2D eigenvalue weighted by atomic mass is 35.5. The van der Waals surface area contributed by atoms with Crippen LogP contribution in [0.3, 0.4) is 0 Å². The zero-order valence-corrected chi connectivity index (χ0v) is 10.1. The zero-order chi connectivity index (χ0) is 11.0. The number of halogens is 2. The summed E-state index contributed by atoms with van der Waals surface area (Å²) in [5.74, 6) is 0. The molecule has 78 valence electrons. The maximum Gasteiger partial charge on any atom is 0.0656 e. The van der Waals surface area contributed by atoms with E-state index in [1.54, 1.807) is 6.07 Å². The van der Waals surface area contributed by atoms with Gasteiger partial charge in [0.25, 0.3) is 0 Å². The molecule has 2 rings (SSSR count). The predicted octanol–water partition coefficient (Wildman–Crippen LogP) is 4.40. The molecular weight excluding hydrogens is 229 g/mol. The molecule has 15 heavy (non-hydrogen) atoms. The molecule has 0 aliphatic heterocycles. The number of rotatable bonds is 1. The van der Waals surface area contributed by atoms with E-state index >= 15 is 0 Å². The first-order valence-corrected chi connectivity index (χ1v) is 5.45. The van der Waals surface area contributed by atoms with E-state index in [9.17, 15) is 0 Å². The molecule has 0 unspecified atom stereocenters. The Morgan fingerprint density at radius 3 is 2.13 bits per heavy atom. The van der Waals surface area contributed by atoms with Crippen LogP contribution in [0, 0.1) is 13.8 Å². The van der Waals surface area contributed by atoms with Crippen molar-refractivity contribution in [1.29, 1.82) is 0 Å². The van der Waals surface area contributed by atoms with Gasteiger partial charge in [0.15, 0.2) is 0 Å². The van der Waals surface area contributed by atoms with Crippen molar-refractivity contribution in [3.63, 3.8) is 0 Å². The van der Waals surface area contributed by atoms with E-state index < -0.39 is 0 Å². The van der Waals surface area contributed by atoms with Crippen LogP contribution in [-0.4, -0.2) is 4.57 Å². The maximum atomic E-state index is 6.15. The molecule has 1 heterocycles. The van der Waals surface area contributed by atoms with Gasteiger partial charge in [-0.25, -0.2) is 0 Å². The first kappa shape index (κ1) is 10.6. The molecule has 0 aliphatic carbocycles. The monoisotopic (exact) mass is 239 g/mol. The second-order valence-electron chi connectivity index (χ2n) is 3.55. The molecule has 1 aromatic carbocycles. The standard InChI is InChI=1S/C12H11Cl2N/c1-8-3-4-9(2)15(8)12-7-10(13)5-6-11(12)14/h3-7H,1-2H3. The Balaban J connectivity index is 2.68. The third kappa shape index (κ3) is 1.90. The van der Waals surface area contributed by atoms with E-state index in [0.29, 0.717) is 10.0 Å². The van der Waals surface area contributed by atoms with Crippen LogP contribution in [0.1, 0.15) is 11.4 Å². The summed E-state index contributed by atoms with van der Waals surface area (Å²) in [6.45, 7) is 4.09. The highest BCUT2D eigenvalue weighted by molar-refractivity contribution is 6.34. The lowest BCUT2D eigenvalue weighted by atomic mass is 10.3. The Bertz CT molecular complexity index is 481. The van der Waals surface area contributed by atoms with Crippen molar-refractivity contribution < 1.29 is 0 Å². The fourth-order valence-electron chi connectivity index (χ4n) is 1.71. The van der Waals surface area contributed by atoms with Crippen LogP contribution >= 0.6 is 23.2 Å². The maximum absolute atomic E-state index is 6.15. The average Bonchev–Trinajstić information content (AvgIpc) is 2.51. The van der Waals surface area contributed by atoms with Gasteiger partial charge < -0.3 is 4.57 Å². The predicted molar refractivity (Wildman–Crippen MR) is 65.3 cm³/mol. The molecule has 0 bridgehead atoms. The van der Waals surface area contributed by atoms with Gasteiger partial charge in [0.2, 0.25) is 0 Å². The summed E-state index contributed by atoms with van der Waals surface area (Å²) in [4.78, 5) is 0. The Hall–Kier alpha value is -0.920. The highest BCUT2D eigenvalue weighted by Crippen LogP contribution is 2.27. The molecule has 0 N–H and O–H groups in total. The van der Waals surface area contributed by atoms with Crippen LogP contribution in [-0.2, 0) is 0 Å². The van der Waals surface area contributed by atoms with Crippen LogP contribution in [0.25, 0.3) is 5.69 Å². The Kier molecular flexibility index (Phi) is 2.76. The summed E-state index contributed by atoms with van der Waals surface area (Å²) in [7, 11) is 0. The van der Waals surface area contributed by atoms with Crippen LogP contribution in [0.5, 0.6) is 0 Å². The number of hydrogen-bond acceptors (Lipinski definition) is 0. The van der Waals surface area contributed by atoms with Crippen LogP contribution < -0.4 is 0 Å². The van der Waals surface area contributed by atoms with Crippen LogP contribution in [0.4, 0.5) is 0 Å².